The molecule has 4 fully saturated rings. The van der Waals surface area contributed by atoms with Gasteiger partial charge in [-0.15, -0.1) is 24.0 Å². The molecule has 1 N–H and O–H groups in total. The molecule has 1 spiro atoms. The number of aliphatic imine (C=N–C) groups is 1. The van der Waals surface area contributed by atoms with Crippen molar-refractivity contribution in [1.82, 2.24) is 14.5 Å². The highest BCUT2D eigenvalue weighted by molar-refractivity contribution is 14.0. The van der Waals surface area contributed by atoms with Gasteiger partial charge in [-0.3, -0.25) is 4.99 Å². The molecule has 2 aliphatic heterocycles. The maximum Gasteiger partial charge on any atom is 0.216 e. The second kappa shape index (κ2) is 10.4. The van der Waals surface area contributed by atoms with E-state index in [1.807, 2.05) is 13.8 Å². The third kappa shape index (κ3) is 5.02. The number of guanidine groups is 1. The van der Waals surface area contributed by atoms with E-state index in [0.29, 0.717) is 49.7 Å². The zero-order chi connectivity index (χ0) is 21.4. The van der Waals surface area contributed by atoms with Gasteiger partial charge >= 0.3 is 0 Å². The summed E-state index contributed by atoms with van der Waals surface area (Å²) in [4.78, 5) is 7.00. The molecule has 0 bridgehead atoms. The number of nitrogens with one attached hydrogen (secondary N) is 1. The van der Waals surface area contributed by atoms with Crippen LogP contribution < -0.4 is 5.32 Å². The van der Waals surface area contributed by atoms with Gasteiger partial charge in [0, 0.05) is 56.7 Å². The lowest BCUT2D eigenvalue weighted by Crippen LogP contribution is -2.73. The predicted molar refractivity (Wildman–Crippen MR) is 132 cm³/mol. The minimum absolute atomic E-state index is 0. The van der Waals surface area contributed by atoms with Gasteiger partial charge in [0.05, 0.1) is 24.6 Å². The average Bonchev–Trinajstić information content (AvgIpc) is 3.08. The van der Waals surface area contributed by atoms with Crippen LogP contribution >= 0.6 is 24.0 Å². The maximum atomic E-state index is 12.6. The summed E-state index contributed by atoms with van der Waals surface area (Å²) in [5.41, 5.74) is 0.303. The molecule has 180 valence electrons. The monoisotopic (exact) mass is 570 g/mol. The minimum atomic E-state index is -3.28. The number of ether oxygens (including phenoxy) is 2. The number of rotatable bonds is 7. The Kier molecular flexibility index (Phi) is 8.54. The highest BCUT2D eigenvalue weighted by atomic mass is 127. The Balaban J connectivity index is 0.00000272. The van der Waals surface area contributed by atoms with E-state index in [2.05, 4.69) is 17.1 Å². The van der Waals surface area contributed by atoms with Crippen molar-refractivity contribution in [1.29, 1.82) is 0 Å². The Morgan fingerprint density at radius 2 is 1.97 bits per heavy atom. The van der Waals surface area contributed by atoms with Gasteiger partial charge in [0.15, 0.2) is 5.96 Å². The molecule has 3 atom stereocenters. The lowest BCUT2D eigenvalue weighted by atomic mass is 9.46. The topological polar surface area (TPSA) is 83.5 Å². The van der Waals surface area contributed by atoms with Gasteiger partial charge in [-0.05, 0) is 40.0 Å². The van der Waals surface area contributed by atoms with Crippen molar-refractivity contribution < 1.29 is 17.9 Å². The van der Waals surface area contributed by atoms with Crippen molar-refractivity contribution in [2.75, 3.05) is 51.7 Å². The molecule has 4 rings (SSSR count). The molecule has 10 heteroatoms. The molecular weight excluding hydrogens is 531 g/mol. The fraction of sp³-hybridized carbons (Fsp3) is 0.952. The van der Waals surface area contributed by atoms with Gasteiger partial charge in [0.1, 0.15) is 0 Å². The first-order valence-corrected chi connectivity index (χ1v) is 13.3. The second-order valence-corrected chi connectivity index (χ2v) is 11.5. The van der Waals surface area contributed by atoms with Crippen LogP contribution in [0, 0.1) is 11.3 Å². The summed E-state index contributed by atoms with van der Waals surface area (Å²) in [6.45, 7) is 10.1. The van der Waals surface area contributed by atoms with Gasteiger partial charge < -0.3 is 19.7 Å². The summed E-state index contributed by atoms with van der Waals surface area (Å²) in [6.07, 6.45) is 5.40. The maximum absolute atomic E-state index is 12.6. The zero-order valence-electron chi connectivity index (χ0n) is 19.1. The Morgan fingerprint density at radius 1 is 1.26 bits per heavy atom. The van der Waals surface area contributed by atoms with Gasteiger partial charge in [0.2, 0.25) is 10.0 Å². The van der Waals surface area contributed by atoms with E-state index in [1.54, 1.807) is 4.31 Å². The smallest absolute Gasteiger partial charge is 0.216 e. The third-order valence-corrected chi connectivity index (χ3v) is 9.19. The van der Waals surface area contributed by atoms with E-state index >= 15 is 0 Å². The number of piperazine rings is 1. The van der Waals surface area contributed by atoms with Crippen LogP contribution in [0.3, 0.4) is 0 Å². The number of sulfonamides is 1. The fourth-order valence-corrected chi connectivity index (χ4v) is 6.96. The second-order valence-electron chi connectivity index (χ2n) is 9.37. The first kappa shape index (κ1) is 25.5. The van der Waals surface area contributed by atoms with Crippen LogP contribution in [0.4, 0.5) is 0 Å². The highest BCUT2D eigenvalue weighted by Gasteiger charge is 2.66. The Labute approximate surface area is 204 Å². The van der Waals surface area contributed by atoms with Crippen molar-refractivity contribution in [2.45, 2.75) is 64.7 Å². The molecular formula is C21H39IN4O4S. The molecule has 8 nitrogen and oxygen atoms in total. The molecule has 2 heterocycles. The highest BCUT2D eigenvalue weighted by Crippen LogP contribution is 2.62. The Hall–Kier alpha value is -0.170. The molecule has 0 amide bonds. The third-order valence-electron chi connectivity index (χ3n) is 7.35. The summed E-state index contributed by atoms with van der Waals surface area (Å²) in [5, 5.41) is 3.80. The molecule has 2 aliphatic carbocycles. The molecule has 0 aromatic heterocycles. The van der Waals surface area contributed by atoms with Crippen molar-refractivity contribution in [3.63, 3.8) is 0 Å². The van der Waals surface area contributed by atoms with Crippen LogP contribution in [0.2, 0.25) is 0 Å². The molecule has 0 aromatic carbocycles. The Morgan fingerprint density at radius 3 is 2.55 bits per heavy atom. The van der Waals surface area contributed by atoms with E-state index in [0.717, 1.165) is 25.5 Å². The van der Waals surface area contributed by atoms with Crippen LogP contribution in [-0.2, 0) is 19.5 Å². The number of fused-ring (bicyclic) bond motifs is 2. The van der Waals surface area contributed by atoms with Crippen LogP contribution in [0.25, 0.3) is 0 Å². The van der Waals surface area contributed by atoms with E-state index in [4.69, 9.17) is 14.5 Å². The van der Waals surface area contributed by atoms with E-state index in [1.165, 1.54) is 19.3 Å². The number of hydrogen-bond donors (Lipinski definition) is 1. The SMILES string of the molecule is CCN=C(NC1C2CCOC2C12CCC2)N1CCN(S(=O)(=O)CCOC(C)C)CC1.I. The summed E-state index contributed by atoms with van der Waals surface area (Å²) < 4.78 is 38.3. The lowest BCUT2D eigenvalue weighted by Gasteiger charge is -2.63. The van der Waals surface area contributed by atoms with E-state index in [9.17, 15) is 8.42 Å². The zero-order valence-corrected chi connectivity index (χ0v) is 22.2. The first-order valence-electron chi connectivity index (χ1n) is 11.6. The predicted octanol–water partition coefficient (Wildman–Crippen LogP) is 1.90. The quantitative estimate of drug-likeness (QED) is 0.286. The van der Waals surface area contributed by atoms with Crippen molar-refractivity contribution in [3.05, 3.63) is 0 Å². The molecule has 0 radical (unpaired) electrons. The van der Waals surface area contributed by atoms with Crippen molar-refractivity contribution in [2.24, 2.45) is 16.3 Å². The standard InChI is InChI=1S/C21H38N4O4S.HI/c1-4-22-20(23-18-17-6-13-29-19(17)21(18)7-5-8-21)24-9-11-25(12-10-24)30(26,27)15-14-28-16(2)3;/h16-19H,4-15H2,1-3H3,(H,22,23);1H. The van der Waals surface area contributed by atoms with Crippen LogP contribution in [0.1, 0.15) is 46.5 Å². The van der Waals surface area contributed by atoms with E-state index < -0.39 is 10.0 Å². The molecule has 31 heavy (non-hydrogen) atoms. The molecule has 2 saturated heterocycles. The fourth-order valence-electron chi connectivity index (χ4n) is 5.68. The van der Waals surface area contributed by atoms with Gasteiger partial charge in [-0.2, -0.15) is 4.31 Å². The average molecular weight is 571 g/mol. The van der Waals surface area contributed by atoms with Gasteiger partial charge in [0.25, 0.3) is 0 Å². The first-order chi connectivity index (χ1) is 14.4. The summed E-state index contributed by atoms with van der Waals surface area (Å²) >= 11 is 0. The van der Waals surface area contributed by atoms with Crippen LogP contribution in [0.5, 0.6) is 0 Å². The van der Waals surface area contributed by atoms with Crippen LogP contribution in [-0.4, -0.2) is 93.5 Å². The number of nitrogens with zero attached hydrogens (tertiary/aromatic N) is 3. The molecule has 4 aliphatic rings. The van der Waals surface area contributed by atoms with Crippen molar-refractivity contribution >= 4 is 40.0 Å². The lowest BCUT2D eigenvalue weighted by molar-refractivity contribution is -0.171. The largest absolute Gasteiger partial charge is 0.378 e. The van der Waals surface area contributed by atoms with Crippen LogP contribution in [0.15, 0.2) is 4.99 Å². The normalized spacial score (nSPS) is 30.5. The summed E-state index contributed by atoms with van der Waals surface area (Å²) in [7, 11) is -3.28. The molecule has 0 aromatic rings. The minimum Gasteiger partial charge on any atom is -0.378 e. The van der Waals surface area contributed by atoms with Gasteiger partial charge in [-0.1, -0.05) is 6.42 Å². The summed E-state index contributed by atoms with van der Waals surface area (Å²) in [6, 6.07) is 0.444. The summed E-state index contributed by atoms with van der Waals surface area (Å²) in [5.74, 6) is 1.58. The number of hydrogen-bond acceptors (Lipinski definition) is 5. The van der Waals surface area contributed by atoms with Crippen molar-refractivity contribution in [3.8, 4) is 0 Å². The Bertz CT molecular complexity index is 736. The van der Waals surface area contributed by atoms with Gasteiger partial charge in [-0.25, -0.2) is 8.42 Å². The molecule has 3 unspecified atom stereocenters. The number of halogens is 1. The molecule has 2 saturated carbocycles. The van der Waals surface area contributed by atoms with E-state index in [-0.39, 0.29) is 42.4 Å².